The molecule has 1 atom stereocenters. The SMILES string of the molecule is C[C@@H](NC(=O)NNC(=O)C(F)F)c1ncc(-c2cc(Cl)cc(F)c2OCC(F)F)cc1F. The fraction of sp³-hybridized carbons (Fsp3) is 0.278. The van der Waals surface area contributed by atoms with Gasteiger partial charge in [0.15, 0.2) is 11.6 Å². The number of amides is 3. The second-order valence-electron chi connectivity index (χ2n) is 6.17. The number of benzene rings is 1. The molecule has 14 heteroatoms. The molecule has 0 spiro atoms. The molecule has 7 nitrogen and oxygen atoms in total. The lowest BCUT2D eigenvalue weighted by Crippen LogP contribution is -2.49. The Bertz CT molecular complexity index is 995. The maximum absolute atomic E-state index is 14.6. The number of carbonyl (C=O) groups excluding carboxylic acids is 2. The second-order valence-corrected chi connectivity index (χ2v) is 6.60. The molecule has 0 unspecified atom stereocenters. The molecule has 1 aromatic heterocycles. The maximum Gasteiger partial charge on any atom is 0.334 e. The highest BCUT2D eigenvalue weighted by Gasteiger charge is 2.21. The molecule has 0 saturated heterocycles. The monoisotopic (exact) mass is 484 g/mol. The number of ether oxygens (including phenoxy) is 1. The van der Waals surface area contributed by atoms with E-state index >= 15 is 0 Å². The molecule has 0 aliphatic heterocycles. The van der Waals surface area contributed by atoms with Crippen molar-refractivity contribution in [3.05, 3.63) is 46.7 Å². The lowest BCUT2D eigenvalue weighted by molar-refractivity contribution is -0.132. The third-order valence-electron chi connectivity index (χ3n) is 3.80. The van der Waals surface area contributed by atoms with E-state index in [4.69, 9.17) is 16.3 Å². The first-order chi connectivity index (χ1) is 15.0. The Hall–Kier alpha value is -3.22. The Labute approximate surface area is 182 Å². The van der Waals surface area contributed by atoms with E-state index in [1.165, 1.54) is 18.4 Å². The Morgan fingerprint density at radius 3 is 2.38 bits per heavy atom. The quantitative estimate of drug-likeness (QED) is 0.409. The topological polar surface area (TPSA) is 92.4 Å². The van der Waals surface area contributed by atoms with Crippen LogP contribution >= 0.6 is 11.6 Å². The molecule has 1 heterocycles. The van der Waals surface area contributed by atoms with Crippen LogP contribution in [-0.2, 0) is 4.79 Å². The fourth-order valence-corrected chi connectivity index (χ4v) is 2.66. The highest BCUT2D eigenvalue weighted by molar-refractivity contribution is 6.31. The minimum Gasteiger partial charge on any atom is -0.484 e. The zero-order valence-corrected chi connectivity index (χ0v) is 16.8. The first-order valence-electron chi connectivity index (χ1n) is 8.70. The summed E-state index contributed by atoms with van der Waals surface area (Å²) in [6.45, 7) is 0.188. The molecule has 0 aliphatic rings. The molecule has 3 N–H and O–H groups in total. The van der Waals surface area contributed by atoms with Crippen LogP contribution in [0.3, 0.4) is 0 Å². The van der Waals surface area contributed by atoms with Crippen LogP contribution in [0.25, 0.3) is 11.1 Å². The van der Waals surface area contributed by atoms with E-state index in [1.807, 2.05) is 0 Å². The molecule has 3 amide bonds. The van der Waals surface area contributed by atoms with Crippen molar-refractivity contribution in [3.63, 3.8) is 0 Å². The summed E-state index contributed by atoms with van der Waals surface area (Å²) in [5.74, 6) is -4.36. The van der Waals surface area contributed by atoms with Crippen LogP contribution in [0.1, 0.15) is 18.7 Å². The maximum atomic E-state index is 14.6. The highest BCUT2D eigenvalue weighted by Crippen LogP contribution is 2.36. The number of aromatic nitrogens is 1. The summed E-state index contributed by atoms with van der Waals surface area (Å²) in [5.41, 5.74) is 2.59. The number of pyridine rings is 1. The number of urea groups is 1. The van der Waals surface area contributed by atoms with E-state index in [0.717, 1.165) is 18.3 Å². The summed E-state index contributed by atoms with van der Waals surface area (Å²) in [4.78, 5) is 26.2. The first-order valence-corrected chi connectivity index (χ1v) is 9.07. The summed E-state index contributed by atoms with van der Waals surface area (Å²) in [6.07, 6.45) is -5.18. The molecule has 0 aliphatic carbocycles. The second kappa shape index (κ2) is 10.9. The van der Waals surface area contributed by atoms with E-state index in [9.17, 15) is 35.9 Å². The summed E-state index contributed by atoms with van der Waals surface area (Å²) in [6, 6.07) is 0.663. The van der Waals surface area contributed by atoms with Gasteiger partial charge in [-0.1, -0.05) is 11.6 Å². The highest BCUT2D eigenvalue weighted by atomic mass is 35.5. The minimum absolute atomic E-state index is 0.0576. The van der Waals surface area contributed by atoms with Gasteiger partial charge in [-0.15, -0.1) is 0 Å². The van der Waals surface area contributed by atoms with Gasteiger partial charge in [0.2, 0.25) is 0 Å². The van der Waals surface area contributed by atoms with E-state index in [0.29, 0.717) is 0 Å². The van der Waals surface area contributed by atoms with E-state index in [1.54, 1.807) is 5.43 Å². The Balaban J connectivity index is 2.21. The summed E-state index contributed by atoms with van der Waals surface area (Å²) in [7, 11) is 0. The predicted octanol–water partition coefficient (Wildman–Crippen LogP) is 3.98. The van der Waals surface area contributed by atoms with Gasteiger partial charge >= 0.3 is 18.4 Å². The Morgan fingerprint density at radius 1 is 1.09 bits per heavy atom. The van der Waals surface area contributed by atoms with E-state index in [2.05, 4.69) is 10.3 Å². The lowest BCUT2D eigenvalue weighted by Gasteiger charge is -2.17. The molecule has 174 valence electrons. The predicted molar refractivity (Wildman–Crippen MR) is 100 cm³/mol. The average molecular weight is 485 g/mol. The number of rotatable bonds is 7. The summed E-state index contributed by atoms with van der Waals surface area (Å²) >= 11 is 5.80. The zero-order valence-electron chi connectivity index (χ0n) is 16.1. The number of carbonyl (C=O) groups is 2. The standard InChI is InChI=1S/C18H15ClF6N4O3/c1-7(27-18(31)29-28-17(30)16(24)25)14-11(20)2-8(5-26-14)10-3-9(19)4-12(21)15(10)32-6-13(22)23/h2-5,7,13,16H,6H2,1H3,(H,28,30)(H2,27,29,31)/t7-/m1/s1. The van der Waals surface area contributed by atoms with Gasteiger partial charge in [-0.2, -0.15) is 8.78 Å². The van der Waals surface area contributed by atoms with Crippen molar-refractivity contribution in [2.75, 3.05) is 6.61 Å². The number of hydrazine groups is 1. The average Bonchev–Trinajstić information content (AvgIpc) is 2.70. The molecule has 0 radical (unpaired) electrons. The third-order valence-corrected chi connectivity index (χ3v) is 4.02. The van der Waals surface area contributed by atoms with E-state index < -0.39 is 54.8 Å². The van der Waals surface area contributed by atoms with Crippen molar-refractivity contribution in [1.82, 2.24) is 21.2 Å². The van der Waals surface area contributed by atoms with Gasteiger partial charge in [0, 0.05) is 22.3 Å². The van der Waals surface area contributed by atoms with Crippen LogP contribution in [-0.4, -0.2) is 36.4 Å². The molecule has 2 aromatic rings. The molecular formula is C18H15ClF6N4O3. The van der Waals surface area contributed by atoms with Crippen LogP contribution in [0.5, 0.6) is 5.75 Å². The molecule has 0 fully saturated rings. The number of halogens is 7. The third kappa shape index (κ3) is 6.64. The Kier molecular flexibility index (Phi) is 8.52. The molecule has 0 bridgehead atoms. The summed E-state index contributed by atoms with van der Waals surface area (Å²) < 4.78 is 82.7. The van der Waals surface area contributed by atoms with Gasteiger partial charge in [-0.05, 0) is 25.1 Å². The van der Waals surface area contributed by atoms with Crippen LogP contribution in [0.15, 0.2) is 24.4 Å². The van der Waals surface area contributed by atoms with Gasteiger partial charge in [0.1, 0.15) is 12.4 Å². The fourth-order valence-electron chi connectivity index (χ4n) is 2.46. The first kappa shape index (κ1) is 25.0. The minimum atomic E-state index is -3.36. The van der Waals surface area contributed by atoms with Crippen molar-refractivity contribution < 1.29 is 40.7 Å². The molecule has 0 saturated carbocycles. The number of alkyl halides is 4. The number of nitrogens with zero attached hydrogens (tertiary/aromatic N) is 1. The van der Waals surface area contributed by atoms with Crippen molar-refractivity contribution in [2.24, 2.45) is 0 Å². The van der Waals surface area contributed by atoms with Crippen LogP contribution in [0.2, 0.25) is 5.02 Å². The van der Waals surface area contributed by atoms with Gasteiger partial charge in [-0.25, -0.2) is 27.8 Å². The number of hydrogen-bond acceptors (Lipinski definition) is 4. The van der Waals surface area contributed by atoms with Gasteiger partial charge in [0.25, 0.3) is 6.43 Å². The van der Waals surface area contributed by atoms with Crippen molar-refractivity contribution in [1.29, 1.82) is 0 Å². The number of hydrogen-bond donors (Lipinski definition) is 3. The molecular weight excluding hydrogens is 470 g/mol. The van der Waals surface area contributed by atoms with Crippen molar-refractivity contribution >= 4 is 23.5 Å². The van der Waals surface area contributed by atoms with Crippen molar-refractivity contribution in [3.8, 4) is 16.9 Å². The van der Waals surface area contributed by atoms with Gasteiger partial charge in [0.05, 0.1) is 11.7 Å². The lowest BCUT2D eigenvalue weighted by atomic mass is 10.0. The molecule has 2 rings (SSSR count). The number of nitrogens with one attached hydrogen (secondary N) is 3. The molecule has 32 heavy (non-hydrogen) atoms. The largest absolute Gasteiger partial charge is 0.484 e. The van der Waals surface area contributed by atoms with Gasteiger partial charge in [-0.3, -0.25) is 15.2 Å². The van der Waals surface area contributed by atoms with Gasteiger partial charge < -0.3 is 10.1 Å². The van der Waals surface area contributed by atoms with Crippen LogP contribution in [0, 0.1) is 11.6 Å². The molecule has 1 aromatic carbocycles. The smallest absolute Gasteiger partial charge is 0.334 e. The van der Waals surface area contributed by atoms with Crippen LogP contribution < -0.4 is 20.9 Å². The normalized spacial score (nSPS) is 11.9. The van der Waals surface area contributed by atoms with Crippen LogP contribution in [0.4, 0.5) is 31.1 Å². The summed E-state index contributed by atoms with van der Waals surface area (Å²) in [5, 5.41) is 2.04. The van der Waals surface area contributed by atoms with E-state index in [-0.39, 0.29) is 21.8 Å². The Morgan fingerprint density at radius 2 is 1.78 bits per heavy atom. The van der Waals surface area contributed by atoms with Crippen molar-refractivity contribution in [2.45, 2.75) is 25.8 Å². The zero-order chi connectivity index (χ0) is 24.0.